The Balaban J connectivity index is 1.90. The number of urea groups is 1. The smallest absolute Gasteiger partial charge is 0.428 e. The quantitative estimate of drug-likeness (QED) is 0.205. The molecule has 6 nitrogen and oxygen atoms in total. The molecule has 0 spiro atoms. The van der Waals surface area contributed by atoms with Gasteiger partial charge in [0.05, 0.1) is 10.7 Å². The molecule has 0 fully saturated rings. The zero-order valence-corrected chi connectivity index (χ0v) is 21.7. The van der Waals surface area contributed by atoms with Gasteiger partial charge in [-0.1, -0.05) is 41.4 Å². The highest BCUT2D eigenvalue weighted by Crippen LogP contribution is 2.37. The van der Waals surface area contributed by atoms with Crippen LogP contribution in [0.3, 0.4) is 0 Å². The molecule has 2 amide bonds. The van der Waals surface area contributed by atoms with Crippen LogP contribution in [-0.2, 0) is 12.0 Å². The fourth-order valence-electron chi connectivity index (χ4n) is 3.84. The van der Waals surface area contributed by atoms with Crippen molar-refractivity contribution in [1.82, 2.24) is 15.3 Å². The third-order valence-electron chi connectivity index (χ3n) is 5.61. The van der Waals surface area contributed by atoms with Crippen molar-refractivity contribution in [1.29, 1.82) is 0 Å². The molecule has 0 aliphatic rings. The number of halogens is 6. The van der Waals surface area contributed by atoms with Gasteiger partial charge in [0.15, 0.2) is 5.13 Å². The molecule has 204 valence electrons. The summed E-state index contributed by atoms with van der Waals surface area (Å²) < 4.78 is 72.3. The van der Waals surface area contributed by atoms with E-state index in [0.29, 0.717) is 11.6 Å². The van der Waals surface area contributed by atoms with Crippen LogP contribution in [-0.4, -0.2) is 28.5 Å². The fraction of sp³-hybridized carbons (Fsp3) is 0.192. The normalized spacial score (nSPS) is 13.1. The van der Waals surface area contributed by atoms with E-state index >= 15 is 0 Å². The number of hydrogen-bond acceptors (Lipinski definition) is 5. The number of carbonyl (C=O) groups excluding carboxylic acids is 1. The third-order valence-corrected chi connectivity index (χ3v) is 6.52. The number of amides is 2. The largest absolute Gasteiger partial charge is 0.461 e. The first-order chi connectivity index (χ1) is 18.5. The van der Waals surface area contributed by atoms with Crippen LogP contribution in [0.15, 0.2) is 72.4 Å². The van der Waals surface area contributed by atoms with E-state index in [0.717, 1.165) is 29.0 Å². The molecular weight excluding hydrogens is 563 g/mol. The molecule has 4 aromatic rings. The number of ether oxygens (including phenoxy) is 1. The summed E-state index contributed by atoms with van der Waals surface area (Å²) in [6, 6.07) is 11.8. The highest BCUT2D eigenvalue weighted by atomic mass is 35.5. The number of rotatable bonds is 9. The number of carbonyl (C=O) groups is 1. The number of nitrogens with zero attached hydrogens (tertiary/aromatic N) is 2. The lowest BCUT2D eigenvalue weighted by Crippen LogP contribution is -2.50. The second kappa shape index (κ2) is 11.5. The molecule has 0 bridgehead atoms. The third kappa shape index (κ3) is 6.82. The first-order valence-electron chi connectivity index (χ1n) is 11.3. The van der Waals surface area contributed by atoms with Crippen molar-refractivity contribution in [3.63, 3.8) is 0 Å². The molecule has 1 atom stereocenters. The number of alkyl halides is 4. The Bertz CT molecular complexity index is 1420. The summed E-state index contributed by atoms with van der Waals surface area (Å²) in [6.45, 7) is 1.87. The van der Waals surface area contributed by atoms with Crippen molar-refractivity contribution in [3.8, 4) is 5.75 Å². The fourth-order valence-corrected chi connectivity index (χ4v) is 4.47. The van der Waals surface area contributed by atoms with Crippen LogP contribution in [0.2, 0.25) is 5.02 Å². The number of aryl methyl sites for hydroxylation is 1. The predicted octanol–water partition coefficient (Wildman–Crippen LogP) is 7.18. The minimum absolute atomic E-state index is 0.0542. The molecule has 1 unspecified atom stereocenters. The van der Waals surface area contributed by atoms with E-state index in [2.05, 4.69) is 25.3 Å². The van der Waals surface area contributed by atoms with E-state index < -0.39 is 35.7 Å². The van der Waals surface area contributed by atoms with Crippen LogP contribution in [0, 0.1) is 12.7 Å². The number of hydrogen-bond donors (Lipinski definition) is 2. The highest BCUT2D eigenvalue weighted by molar-refractivity contribution is 7.13. The summed E-state index contributed by atoms with van der Waals surface area (Å²) in [5.41, 5.74) is -0.0801. The molecule has 0 saturated carbocycles. The highest BCUT2D eigenvalue weighted by Gasteiger charge is 2.45. The Morgan fingerprint density at radius 1 is 1.10 bits per heavy atom. The van der Waals surface area contributed by atoms with E-state index in [1.807, 2.05) is 19.1 Å². The molecule has 2 heterocycles. The molecule has 2 aromatic heterocycles. The molecule has 13 heteroatoms. The number of aromatic nitrogens is 2. The van der Waals surface area contributed by atoms with Gasteiger partial charge < -0.3 is 10.1 Å². The van der Waals surface area contributed by atoms with Crippen molar-refractivity contribution in [2.45, 2.75) is 31.4 Å². The maximum atomic E-state index is 14.9. The number of thiazole rings is 1. The zero-order valence-electron chi connectivity index (χ0n) is 20.1. The van der Waals surface area contributed by atoms with Gasteiger partial charge in [-0.25, -0.2) is 14.2 Å². The SMILES string of the molecule is Cc1ccc(CC(NC(=O)Nc2nccs2)(c2cc(F)cc(OC(F)(F)C(F)F)c2)c2ccc(Cl)cn2)cc1. The summed E-state index contributed by atoms with van der Waals surface area (Å²) in [5, 5.41) is 7.49. The first-order valence-corrected chi connectivity index (χ1v) is 12.5. The number of benzene rings is 2. The van der Waals surface area contributed by atoms with Crippen LogP contribution >= 0.6 is 22.9 Å². The molecule has 2 aromatic carbocycles. The summed E-state index contributed by atoms with van der Waals surface area (Å²) in [6.07, 6.45) is -6.34. The standard InChI is InChI=1S/C26H20ClF5N4O2S/c1-15-2-4-16(5-3-15)13-25(21-7-6-18(27)14-34-21,36-23(37)35-24-33-8-9-39-24)17-10-19(28)12-20(11-17)38-26(31,32)22(29)30/h2-12,14,22H,13H2,1H3,(H2,33,35,36,37). The molecule has 4 rings (SSSR count). The van der Waals surface area contributed by atoms with Crippen molar-refractivity contribution >= 4 is 34.1 Å². The summed E-state index contributed by atoms with van der Waals surface area (Å²) in [4.78, 5) is 21.6. The molecule has 0 aliphatic carbocycles. The van der Waals surface area contributed by atoms with Crippen molar-refractivity contribution < 1.29 is 31.5 Å². The molecule has 39 heavy (non-hydrogen) atoms. The van der Waals surface area contributed by atoms with E-state index in [1.54, 1.807) is 17.5 Å². The second-order valence-electron chi connectivity index (χ2n) is 8.49. The molecular formula is C26H20ClF5N4O2S. The summed E-state index contributed by atoms with van der Waals surface area (Å²) >= 11 is 7.18. The minimum atomic E-state index is -4.89. The number of nitrogens with one attached hydrogen (secondary N) is 2. The Labute approximate surface area is 228 Å². The Hall–Kier alpha value is -3.77. The van der Waals surface area contributed by atoms with Gasteiger partial charge in [0.2, 0.25) is 0 Å². The van der Waals surface area contributed by atoms with Crippen LogP contribution in [0.5, 0.6) is 5.75 Å². The zero-order chi connectivity index (χ0) is 28.2. The Morgan fingerprint density at radius 3 is 2.46 bits per heavy atom. The lowest BCUT2D eigenvalue weighted by molar-refractivity contribution is -0.253. The maximum Gasteiger partial charge on any atom is 0.461 e. The van der Waals surface area contributed by atoms with Crippen LogP contribution in [0.1, 0.15) is 22.4 Å². The van der Waals surface area contributed by atoms with Gasteiger partial charge in [0.25, 0.3) is 0 Å². The van der Waals surface area contributed by atoms with Crippen molar-refractivity contribution in [3.05, 3.63) is 106 Å². The number of pyridine rings is 1. The Morgan fingerprint density at radius 2 is 1.85 bits per heavy atom. The average molecular weight is 583 g/mol. The monoisotopic (exact) mass is 582 g/mol. The van der Waals surface area contributed by atoms with E-state index in [4.69, 9.17) is 11.6 Å². The minimum Gasteiger partial charge on any atom is -0.428 e. The van der Waals surface area contributed by atoms with E-state index in [-0.39, 0.29) is 27.8 Å². The van der Waals surface area contributed by atoms with E-state index in [9.17, 15) is 26.7 Å². The van der Waals surface area contributed by atoms with Crippen molar-refractivity contribution in [2.24, 2.45) is 0 Å². The number of anilines is 1. The van der Waals surface area contributed by atoms with Gasteiger partial charge in [0.1, 0.15) is 17.1 Å². The molecule has 0 radical (unpaired) electrons. The second-order valence-corrected chi connectivity index (χ2v) is 9.82. The van der Waals surface area contributed by atoms with Gasteiger partial charge in [-0.3, -0.25) is 10.3 Å². The van der Waals surface area contributed by atoms with Crippen molar-refractivity contribution in [2.75, 3.05) is 5.32 Å². The summed E-state index contributed by atoms with van der Waals surface area (Å²) in [5.74, 6) is -1.95. The van der Waals surface area contributed by atoms with Gasteiger partial charge in [-0.05, 0) is 42.3 Å². The Kier molecular flexibility index (Phi) is 8.36. The van der Waals surface area contributed by atoms with Gasteiger partial charge in [-0.2, -0.15) is 17.6 Å². The average Bonchev–Trinajstić information content (AvgIpc) is 3.37. The maximum absolute atomic E-state index is 14.9. The van der Waals surface area contributed by atoms with E-state index in [1.165, 1.54) is 24.5 Å². The van der Waals surface area contributed by atoms with Gasteiger partial charge in [0, 0.05) is 30.3 Å². The van der Waals surface area contributed by atoms with Gasteiger partial charge in [-0.15, -0.1) is 11.3 Å². The van der Waals surface area contributed by atoms with Crippen LogP contribution in [0.4, 0.5) is 31.9 Å². The molecule has 0 aliphatic heterocycles. The lowest BCUT2D eigenvalue weighted by Gasteiger charge is -2.35. The molecule has 2 N–H and O–H groups in total. The van der Waals surface area contributed by atoms with Crippen LogP contribution < -0.4 is 15.4 Å². The topological polar surface area (TPSA) is 76.1 Å². The predicted molar refractivity (Wildman–Crippen MR) is 137 cm³/mol. The lowest BCUT2D eigenvalue weighted by atomic mass is 9.80. The first kappa shape index (κ1) is 28.2. The van der Waals surface area contributed by atoms with Gasteiger partial charge >= 0.3 is 18.6 Å². The molecule has 0 saturated heterocycles. The van der Waals surface area contributed by atoms with Crippen LogP contribution in [0.25, 0.3) is 0 Å². The summed E-state index contributed by atoms with van der Waals surface area (Å²) in [7, 11) is 0.